The van der Waals surface area contributed by atoms with E-state index in [9.17, 15) is 0 Å². The zero-order valence-corrected chi connectivity index (χ0v) is 9.69. The molecule has 13 heavy (non-hydrogen) atoms. The van der Waals surface area contributed by atoms with Crippen LogP contribution >= 0.6 is 27.5 Å². The highest BCUT2D eigenvalue weighted by atomic mass is 79.9. The van der Waals surface area contributed by atoms with Crippen LogP contribution < -0.4 is 5.32 Å². The summed E-state index contributed by atoms with van der Waals surface area (Å²) >= 11 is 9.34. The number of nitrogens with one attached hydrogen (secondary N) is 1. The van der Waals surface area contributed by atoms with E-state index >= 15 is 0 Å². The smallest absolute Gasteiger partial charge is 0.0593 e. The molecular formula is C10H11BrClN. The van der Waals surface area contributed by atoms with E-state index in [-0.39, 0.29) is 6.04 Å². The molecule has 1 aromatic rings. The molecule has 0 heterocycles. The molecule has 0 fully saturated rings. The molecule has 0 bridgehead atoms. The first-order chi connectivity index (χ1) is 6.15. The molecule has 70 valence electrons. The second-order valence-corrected chi connectivity index (χ2v) is 3.97. The van der Waals surface area contributed by atoms with E-state index in [0.29, 0.717) is 5.02 Å². The second kappa shape index (κ2) is 4.68. The van der Waals surface area contributed by atoms with E-state index < -0.39 is 0 Å². The lowest BCUT2D eigenvalue weighted by atomic mass is 10.2. The highest BCUT2D eigenvalue weighted by molar-refractivity contribution is 9.10. The fraction of sp³-hybridized carbons (Fsp3) is 0.200. The molecule has 1 unspecified atom stereocenters. The number of hydrogen-bond donors (Lipinski definition) is 1. The summed E-state index contributed by atoms with van der Waals surface area (Å²) in [5.41, 5.74) is 0.986. The summed E-state index contributed by atoms with van der Waals surface area (Å²) in [4.78, 5) is 0. The lowest BCUT2D eigenvalue weighted by Crippen LogP contribution is -2.11. The van der Waals surface area contributed by atoms with Gasteiger partial charge in [-0.15, -0.1) is 6.58 Å². The third kappa shape index (κ3) is 2.75. The van der Waals surface area contributed by atoms with Crippen LogP contribution in [-0.2, 0) is 0 Å². The molecule has 3 heteroatoms. The first kappa shape index (κ1) is 10.6. The largest absolute Gasteiger partial charge is 0.378 e. The standard InChI is InChI=1S/C10H11BrClN/c1-3-7(2)13-9-6-4-5-8(12)10(9)11/h3-7,13H,1H2,2H3. The van der Waals surface area contributed by atoms with E-state index in [0.717, 1.165) is 10.2 Å². The molecule has 0 saturated heterocycles. The van der Waals surface area contributed by atoms with Gasteiger partial charge in [-0.3, -0.25) is 0 Å². The summed E-state index contributed by atoms with van der Waals surface area (Å²) in [5.74, 6) is 0. The second-order valence-electron chi connectivity index (χ2n) is 2.77. The predicted octanol–water partition coefficient (Wildman–Crippen LogP) is 4.09. The Kier molecular flexibility index (Phi) is 3.82. The third-order valence-corrected chi connectivity index (χ3v) is 3.09. The molecule has 0 aliphatic rings. The van der Waals surface area contributed by atoms with Gasteiger partial charge in [0, 0.05) is 6.04 Å². The molecule has 0 saturated carbocycles. The van der Waals surface area contributed by atoms with E-state index in [4.69, 9.17) is 11.6 Å². The number of rotatable bonds is 3. The average Bonchev–Trinajstić information content (AvgIpc) is 2.13. The Bertz CT molecular complexity index is 312. The van der Waals surface area contributed by atoms with Crippen LogP contribution in [0.5, 0.6) is 0 Å². The van der Waals surface area contributed by atoms with Crippen molar-refractivity contribution in [1.82, 2.24) is 0 Å². The molecule has 0 spiro atoms. The Balaban J connectivity index is 2.88. The topological polar surface area (TPSA) is 12.0 Å². The highest BCUT2D eigenvalue weighted by Gasteiger charge is 2.04. The minimum absolute atomic E-state index is 0.231. The zero-order chi connectivity index (χ0) is 9.84. The van der Waals surface area contributed by atoms with Crippen LogP contribution in [0.2, 0.25) is 5.02 Å². The summed E-state index contributed by atoms with van der Waals surface area (Å²) in [6.07, 6.45) is 1.84. The number of hydrogen-bond acceptors (Lipinski definition) is 1. The molecule has 0 aliphatic heterocycles. The summed E-state index contributed by atoms with van der Waals surface area (Å²) < 4.78 is 0.894. The van der Waals surface area contributed by atoms with Crippen molar-refractivity contribution in [1.29, 1.82) is 0 Å². The average molecular weight is 261 g/mol. The molecule has 1 atom stereocenters. The minimum Gasteiger partial charge on any atom is -0.378 e. The van der Waals surface area contributed by atoms with Crippen molar-refractivity contribution < 1.29 is 0 Å². The van der Waals surface area contributed by atoms with Gasteiger partial charge in [-0.1, -0.05) is 23.7 Å². The van der Waals surface area contributed by atoms with Crippen molar-refractivity contribution in [3.8, 4) is 0 Å². The molecule has 0 aliphatic carbocycles. The van der Waals surface area contributed by atoms with Gasteiger partial charge in [-0.05, 0) is 35.0 Å². The van der Waals surface area contributed by atoms with Crippen LogP contribution in [-0.4, -0.2) is 6.04 Å². The Morgan fingerprint density at radius 2 is 2.31 bits per heavy atom. The molecule has 1 nitrogen and oxygen atoms in total. The third-order valence-electron chi connectivity index (χ3n) is 1.69. The number of halogens is 2. The quantitative estimate of drug-likeness (QED) is 0.807. The lowest BCUT2D eigenvalue weighted by molar-refractivity contribution is 1.000. The fourth-order valence-corrected chi connectivity index (χ4v) is 1.47. The van der Waals surface area contributed by atoms with E-state index in [1.165, 1.54) is 0 Å². The first-order valence-corrected chi connectivity index (χ1v) is 5.15. The number of benzene rings is 1. The highest BCUT2D eigenvalue weighted by Crippen LogP contribution is 2.30. The monoisotopic (exact) mass is 259 g/mol. The maximum atomic E-state index is 5.93. The first-order valence-electron chi connectivity index (χ1n) is 3.98. The normalized spacial score (nSPS) is 12.2. The Morgan fingerprint density at radius 3 is 2.92 bits per heavy atom. The van der Waals surface area contributed by atoms with Gasteiger partial charge in [0.2, 0.25) is 0 Å². The molecule has 0 amide bonds. The fourth-order valence-electron chi connectivity index (χ4n) is 0.919. The summed E-state index contributed by atoms with van der Waals surface area (Å²) in [6, 6.07) is 5.95. The van der Waals surface area contributed by atoms with Crippen LogP contribution in [0.4, 0.5) is 5.69 Å². The summed E-state index contributed by atoms with van der Waals surface area (Å²) in [5, 5.41) is 3.96. The van der Waals surface area contributed by atoms with Crippen molar-refractivity contribution >= 4 is 33.2 Å². The van der Waals surface area contributed by atoms with Crippen LogP contribution in [0, 0.1) is 0 Å². The van der Waals surface area contributed by atoms with Gasteiger partial charge in [-0.2, -0.15) is 0 Å². The molecule has 0 radical (unpaired) electrons. The van der Waals surface area contributed by atoms with E-state index in [2.05, 4.69) is 27.8 Å². The lowest BCUT2D eigenvalue weighted by Gasteiger charge is -2.12. The Morgan fingerprint density at radius 1 is 1.62 bits per heavy atom. The van der Waals surface area contributed by atoms with Gasteiger partial charge in [0.1, 0.15) is 0 Å². The molecular weight excluding hydrogens is 249 g/mol. The van der Waals surface area contributed by atoms with Crippen LogP contribution in [0.25, 0.3) is 0 Å². The van der Waals surface area contributed by atoms with Crippen molar-refractivity contribution in [2.24, 2.45) is 0 Å². The Hall–Kier alpha value is -0.470. The van der Waals surface area contributed by atoms with Gasteiger partial charge in [0.05, 0.1) is 15.2 Å². The van der Waals surface area contributed by atoms with Crippen molar-refractivity contribution in [2.45, 2.75) is 13.0 Å². The molecule has 1 rings (SSSR count). The van der Waals surface area contributed by atoms with Crippen LogP contribution in [0.3, 0.4) is 0 Å². The van der Waals surface area contributed by atoms with Crippen LogP contribution in [0.1, 0.15) is 6.92 Å². The van der Waals surface area contributed by atoms with Crippen molar-refractivity contribution in [2.75, 3.05) is 5.32 Å². The predicted molar refractivity (Wildman–Crippen MR) is 62.4 cm³/mol. The van der Waals surface area contributed by atoms with E-state index in [1.807, 2.05) is 31.2 Å². The SMILES string of the molecule is C=CC(C)Nc1cccc(Cl)c1Br. The van der Waals surface area contributed by atoms with Gasteiger partial charge >= 0.3 is 0 Å². The summed E-state index contributed by atoms with van der Waals surface area (Å²) in [7, 11) is 0. The molecule has 1 aromatic carbocycles. The van der Waals surface area contributed by atoms with Gasteiger partial charge < -0.3 is 5.32 Å². The van der Waals surface area contributed by atoms with Crippen molar-refractivity contribution in [3.63, 3.8) is 0 Å². The van der Waals surface area contributed by atoms with Gasteiger partial charge in [0.15, 0.2) is 0 Å². The summed E-state index contributed by atoms with van der Waals surface area (Å²) in [6.45, 7) is 5.73. The van der Waals surface area contributed by atoms with Crippen molar-refractivity contribution in [3.05, 3.63) is 40.3 Å². The van der Waals surface area contributed by atoms with Crippen LogP contribution in [0.15, 0.2) is 35.3 Å². The number of anilines is 1. The van der Waals surface area contributed by atoms with Gasteiger partial charge in [0.25, 0.3) is 0 Å². The zero-order valence-electron chi connectivity index (χ0n) is 7.35. The maximum absolute atomic E-state index is 5.93. The van der Waals surface area contributed by atoms with Gasteiger partial charge in [-0.25, -0.2) is 0 Å². The maximum Gasteiger partial charge on any atom is 0.0593 e. The molecule has 1 N–H and O–H groups in total. The van der Waals surface area contributed by atoms with E-state index in [1.54, 1.807) is 0 Å². The Labute approximate surface area is 91.9 Å². The minimum atomic E-state index is 0.231. The molecule has 0 aromatic heterocycles.